The molecule has 2 saturated heterocycles. The molecule has 0 radical (unpaired) electrons. The Morgan fingerprint density at radius 2 is 2.29 bits per heavy atom. The van der Waals surface area contributed by atoms with Gasteiger partial charge in [0.05, 0.1) is 13.0 Å². The number of carbonyl (C=O) groups excluding carboxylic acids is 3. The van der Waals surface area contributed by atoms with Crippen molar-refractivity contribution in [1.29, 1.82) is 0 Å². The van der Waals surface area contributed by atoms with Crippen LogP contribution < -0.4 is 5.32 Å². The molecule has 2 aliphatic rings. The summed E-state index contributed by atoms with van der Waals surface area (Å²) in [5.74, 6) is 0.345. The van der Waals surface area contributed by atoms with Crippen molar-refractivity contribution >= 4 is 29.5 Å². The fourth-order valence-electron chi connectivity index (χ4n) is 1.99. The lowest BCUT2D eigenvalue weighted by molar-refractivity contribution is -0.151. The topological polar surface area (TPSA) is 75.7 Å². The largest absolute Gasteiger partial charge is 0.467 e. The molecule has 0 saturated carbocycles. The van der Waals surface area contributed by atoms with Gasteiger partial charge in [-0.2, -0.15) is 0 Å². The van der Waals surface area contributed by atoms with Crippen molar-refractivity contribution in [3.05, 3.63) is 0 Å². The summed E-state index contributed by atoms with van der Waals surface area (Å²) in [5, 5.41) is 2.62. The average Bonchev–Trinajstić information content (AvgIpc) is 2.95. The molecule has 0 aliphatic carbocycles. The SMILES string of the molecule is COC(=O)C1CSCN1C(=O)C1CCC(=O)N1. The lowest BCUT2D eigenvalue weighted by Gasteiger charge is -2.24. The Kier molecular flexibility index (Phi) is 3.56. The molecule has 2 fully saturated rings. The zero-order chi connectivity index (χ0) is 12.4. The van der Waals surface area contributed by atoms with E-state index in [0.717, 1.165) is 0 Å². The van der Waals surface area contributed by atoms with Crippen LogP contribution in [0.15, 0.2) is 0 Å². The summed E-state index contributed by atoms with van der Waals surface area (Å²) in [6.45, 7) is 0. The van der Waals surface area contributed by atoms with Crippen LogP contribution in [0.5, 0.6) is 0 Å². The second-order valence-electron chi connectivity index (χ2n) is 4.01. The minimum absolute atomic E-state index is 0.107. The number of methoxy groups -OCH3 is 1. The Hall–Kier alpha value is -1.24. The van der Waals surface area contributed by atoms with Gasteiger partial charge < -0.3 is 15.0 Å². The van der Waals surface area contributed by atoms with Crippen molar-refractivity contribution in [2.24, 2.45) is 0 Å². The molecule has 2 rings (SSSR count). The number of nitrogens with zero attached hydrogens (tertiary/aromatic N) is 1. The fourth-order valence-corrected chi connectivity index (χ4v) is 3.14. The van der Waals surface area contributed by atoms with E-state index < -0.39 is 18.1 Å². The second-order valence-corrected chi connectivity index (χ2v) is 5.01. The zero-order valence-corrected chi connectivity index (χ0v) is 10.3. The molecule has 2 unspecified atom stereocenters. The van der Waals surface area contributed by atoms with Gasteiger partial charge in [0, 0.05) is 12.2 Å². The van der Waals surface area contributed by atoms with Gasteiger partial charge >= 0.3 is 5.97 Å². The number of ether oxygens (including phenoxy) is 1. The molecule has 17 heavy (non-hydrogen) atoms. The maximum Gasteiger partial charge on any atom is 0.329 e. The number of rotatable bonds is 2. The number of amides is 2. The monoisotopic (exact) mass is 258 g/mol. The first-order valence-corrected chi connectivity index (χ1v) is 6.54. The Morgan fingerprint density at radius 3 is 2.88 bits per heavy atom. The summed E-state index contributed by atoms with van der Waals surface area (Å²) in [5.41, 5.74) is 0. The van der Waals surface area contributed by atoms with Crippen LogP contribution in [0, 0.1) is 0 Å². The molecule has 0 aromatic heterocycles. The van der Waals surface area contributed by atoms with Gasteiger partial charge in [0.2, 0.25) is 11.8 Å². The van der Waals surface area contributed by atoms with E-state index in [0.29, 0.717) is 24.5 Å². The third kappa shape index (κ3) is 2.38. The Balaban J connectivity index is 2.03. The Morgan fingerprint density at radius 1 is 1.53 bits per heavy atom. The lowest BCUT2D eigenvalue weighted by atomic mass is 10.2. The minimum atomic E-state index is -0.519. The molecule has 1 N–H and O–H groups in total. The van der Waals surface area contributed by atoms with Crippen LogP contribution in [0.25, 0.3) is 0 Å². The molecule has 0 bridgehead atoms. The predicted octanol–water partition coefficient (Wildman–Crippen LogP) is -0.660. The van der Waals surface area contributed by atoms with Gasteiger partial charge in [0.25, 0.3) is 0 Å². The lowest BCUT2D eigenvalue weighted by Crippen LogP contribution is -2.49. The summed E-state index contributed by atoms with van der Waals surface area (Å²) in [7, 11) is 1.31. The Labute approximate surface area is 103 Å². The van der Waals surface area contributed by atoms with Crippen molar-refractivity contribution in [3.8, 4) is 0 Å². The summed E-state index contributed by atoms with van der Waals surface area (Å²) in [4.78, 5) is 36.2. The van der Waals surface area contributed by atoms with E-state index in [1.807, 2.05) is 0 Å². The van der Waals surface area contributed by atoms with E-state index in [-0.39, 0.29) is 11.8 Å². The number of thioether (sulfide) groups is 1. The van der Waals surface area contributed by atoms with Crippen molar-refractivity contribution in [2.45, 2.75) is 24.9 Å². The van der Waals surface area contributed by atoms with E-state index in [1.54, 1.807) is 0 Å². The number of hydrogen-bond acceptors (Lipinski definition) is 5. The number of nitrogens with one attached hydrogen (secondary N) is 1. The van der Waals surface area contributed by atoms with Gasteiger partial charge in [0.15, 0.2) is 0 Å². The molecule has 94 valence electrons. The number of hydrogen-bond donors (Lipinski definition) is 1. The zero-order valence-electron chi connectivity index (χ0n) is 9.47. The number of esters is 1. The van der Waals surface area contributed by atoms with Crippen LogP contribution in [0.3, 0.4) is 0 Å². The minimum Gasteiger partial charge on any atom is -0.467 e. The maximum absolute atomic E-state index is 12.1. The van der Waals surface area contributed by atoms with E-state index in [1.165, 1.54) is 23.8 Å². The highest BCUT2D eigenvalue weighted by Gasteiger charge is 2.40. The van der Waals surface area contributed by atoms with Crippen LogP contribution >= 0.6 is 11.8 Å². The molecule has 2 amide bonds. The summed E-state index contributed by atoms with van der Waals surface area (Å²) in [6, 6.07) is -0.997. The first-order valence-electron chi connectivity index (χ1n) is 5.39. The van der Waals surface area contributed by atoms with Crippen molar-refractivity contribution in [2.75, 3.05) is 18.7 Å². The number of carbonyl (C=O) groups is 3. The quantitative estimate of drug-likeness (QED) is 0.665. The molecule has 7 heteroatoms. The molecule has 6 nitrogen and oxygen atoms in total. The third-order valence-electron chi connectivity index (χ3n) is 2.93. The van der Waals surface area contributed by atoms with Crippen LogP contribution in [0.4, 0.5) is 0 Å². The molecule has 2 heterocycles. The highest BCUT2D eigenvalue weighted by atomic mass is 32.2. The standard InChI is InChI=1S/C10H14N2O4S/c1-16-10(15)7-4-17-5-12(7)9(14)6-2-3-8(13)11-6/h6-7H,2-5H2,1H3,(H,11,13). The van der Waals surface area contributed by atoms with E-state index >= 15 is 0 Å². The predicted molar refractivity (Wildman–Crippen MR) is 61.1 cm³/mol. The van der Waals surface area contributed by atoms with Crippen LogP contribution in [-0.2, 0) is 19.1 Å². The van der Waals surface area contributed by atoms with Gasteiger partial charge in [-0.3, -0.25) is 9.59 Å². The smallest absolute Gasteiger partial charge is 0.329 e. The van der Waals surface area contributed by atoms with E-state index in [2.05, 4.69) is 10.1 Å². The molecular formula is C10H14N2O4S. The molecule has 0 aromatic carbocycles. The maximum atomic E-state index is 12.1. The molecule has 2 atom stereocenters. The molecular weight excluding hydrogens is 244 g/mol. The third-order valence-corrected chi connectivity index (χ3v) is 3.94. The highest BCUT2D eigenvalue weighted by Crippen LogP contribution is 2.24. The summed E-state index contributed by atoms with van der Waals surface area (Å²) >= 11 is 1.51. The van der Waals surface area contributed by atoms with Crippen LogP contribution in [0.2, 0.25) is 0 Å². The average molecular weight is 258 g/mol. The molecule has 2 aliphatic heterocycles. The van der Waals surface area contributed by atoms with E-state index in [4.69, 9.17) is 0 Å². The van der Waals surface area contributed by atoms with Crippen molar-refractivity contribution < 1.29 is 19.1 Å². The molecule has 0 aromatic rings. The van der Waals surface area contributed by atoms with E-state index in [9.17, 15) is 14.4 Å². The first kappa shape index (κ1) is 12.2. The van der Waals surface area contributed by atoms with Crippen molar-refractivity contribution in [3.63, 3.8) is 0 Å². The van der Waals surface area contributed by atoms with Gasteiger partial charge in [0.1, 0.15) is 12.1 Å². The van der Waals surface area contributed by atoms with Crippen molar-refractivity contribution in [1.82, 2.24) is 10.2 Å². The van der Waals surface area contributed by atoms with Gasteiger partial charge in [-0.25, -0.2) is 4.79 Å². The normalized spacial score (nSPS) is 28.1. The second kappa shape index (κ2) is 4.95. The van der Waals surface area contributed by atoms with Gasteiger partial charge in [-0.1, -0.05) is 0 Å². The van der Waals surface area contributed by atoms with Gasteiger partial charge in [-0.05, 0) is 6.42 Å². The fraction of sp³-hybridized carbons (Fsp3) is 0.700. The van der Waals surface area contributed by atoms with Crippen LogP contribution in [-0.4, -0.2) is 53.5 Å². The first-order chi connectivity index (χ1) is 8.13. The van der Waals surface area contributed by atoms with Gasteiger partial charge in [-0.15, -0.1) is 11.8 Å². The summed E-state index contributed by atoms with van der Waals surface area (Å²) < 4.78 is 4.66. The highest BCUT2D eigenvalue weighted by molar-refractivity contribution is 7.99. The van der Waals surface area contributed by atoms with Crippen LogP contribution in [0.1, 0.15) is 12.8 Å². The summed E-state index contributed by atoms with van der Waals surface area (Å²) in [6.07, 6.45) is 0.882. The Bertz CT molecular complexity index is 360. The molecule has 0 spiro atoms.